The van der Waals surface area contributed by atoms with Crippen molar-refractivity contribution in [2.24, 2.45) is 5.92 Å². The molecule has 0 unspecified atom stereocenters. The van der Waals surface area contributed by atoms with Crippen molar-refractivity contribution in [2.45, 2.75) is 50.4 Å². The van der Waals surface area contributed by atoms with Crippen LogP contribution in [0, 0.1) is 11.7 Å². The van der Waals surface area contributed by atoms with Crippen LogP contribution in [0.2, 0.25) is 0 Å². The first kappa shape index (κ1) is 19.6. The Morgan fingerprint density at radius 3 is 2.74 bits per heavy atom. The number of anilines is 1. The van der Waals surface area contributed by atoms with Gasteiger partial charge in [-0.25, -0.2) is 9.18 Å². The molecule has 27 heavy (non-hydrogen) atoms. The zero-order valence-electron chi connectivity index (χ0n) is 15.1. The Bertz CT molecular complexity index is 668. The Kier molecular flexibility index (Phi) is 6.63. The molecule has 8 heteroatoms. The Labute approximate surface area is 157 Å². The SMILES string of the molecule is O=C(C[C@@H]1CC[C@@H](NC(=O)Nc2cccc(F)c2)[C@H](CO)O1)NCC1CC1. The summed E-state index contributed by atoms with van der Waals surface area (Å²) in [7, 11) is 0. The van der Waals surface area contributed by atoms with E-state index in [2.05, 4.69) is 16.0 Å². The third-order valence-corrected chi connectivity index (χ3v) is 4.89. The summed E-state index contributed by atoms with van der Waals surface area (Å²) < 4.78 is 19.0. The number of carbonyl (C=O) groups excluding carboxylic acids is 2. The van der Waals surface area contributed by atoms with Gasteiger partial charge < -0.3 is 25.8 Å². The molecule has 1 saturated carbocycles. The number of benzene rings is 1. The van der Waals surface area contributed by atoms with Gasteiger partial charge in [0, 0.05) is 12.2 Å². The van der Waals surface area contributed by atoms with Crippen LogP contribution in [0.15, 0.2) is 24.3 Å². The number of hydrogen-bond acceptors (Lipinski definition) is 4. The standard InChI is InChI=1S/C19H26FN3O4/c20-13-2-1-3-14(8-13)22-19(26)23-16-7-6-15(27-17(16)11-24)9-18(25)21-10-12-4-5-12/h1-3,8,12,15-17,24H,4-7,9-11H2,(H,21,25)(H2,22,23,26)/t15-,16+,17-/m0/s1. The number of aliphatic hydroxyl groups excluding tert-OH is 1. The van der Waals surface area contributed by atoms with E-state index < -0.39 is 18.0 Å². The van der Waals surface area contributed by atoms with E-state index in [-0.39, 0.29) is 31.1 Å². The molecule has 1 aliphatic carbocycles. The van der Waals surface area contributed by atoms with Crippen LogP contribution in [0.25, 0.3) is 0 Å². The summed E-state index contributed by atoms with van der Waals surface area (Å²) in [6.07, 6.45) is 2.95. The fourth-order valence-electron chi connectivity index (χ4n) is 3.21. The maximum Gasteiger partial charge on any atom is 0.319 e. The fraction of sp³-hybridized carbons (Fsp3) is 0.579. The normalized spacial score (nSPS) is 24.9. The molecule has 1 aliphatic heterocycles. The Morgan fingerprint density at radius 1 is 1.22 bits per heavy atom. The molecular formula is C19H26FN3O4. The van der Waals surface area contributed by atoms with Crippen molar-refractivity contribution in [2.75, 3.05) is 18.5 Å². The van der Waals surface area contributed by atoms with Crippen molar-refractivity contribution in [3.05, 3.63) is 30.1 Å². The molecule has 1 saturated heterocycles. The topological polar surface area (TPSA) is 99.7 Å². The van der Waals surface area contributed by atoms with Gasteiger partial charge in [-0.15, -0.1) is 0 Å². The van der Waals surface area contributed by atoms with E-state index in [4.69, 9.17) is 4.74 Å². The third-order valence-electron chi connectivity index (χ3n) is 4.89. The van der Waals surface area contributed by atoms with E-state index in [1.54, 1.807) is 6.07 Å². The van der Waals surface area contributed by atoms with Crippen LogP contribution in [0.5, 0.6) is 0 Å². The molecule has 0 radical (unpaired) electrons. The molecule has 2 fully saturated rings. The van der Waals surface area contributed by atoms with E-state index in [0.717, 1.165) is 6.54 Å². The second-order valence-electron chi connectivity index (χ2n) is 7.22. The fourth-order valence-corrected chi connectivity index (χ4v) is 3.21. The number of halogens is 1. The Hall–Kier alpha value is -2.19. The van der Waals surface area contributed by atoms with Crippen molar-refractivity contribution >= 4 is 17.6 Å². The molecule has 3 amide bonds. The number of aliphatic hydroxyl groups is 1. The highest BCUT2D eigenvalue weighted by molar-refractivity contribution is 5.89. The molecular weight excluding hydrogens is 353 g/mol. The first-order valence-electron chi connectivity index (χ1n) is 9.39. The summed E-state index contributed by atoms with van der Waals surface area (Å²) in [4.78, 5) is 24.1. The smallest absolute Gasteiger partial charge is 0.319 e. The number of rotatable bonds is 7. The predicted octanol–water partition coefficient (Wildman–Crippen LogP) is 1.77. The Morgan fingerprint density at radius 2 is 2.04 bits per heavy atom. The van der Waals surface area contributed by atoms with Crippen LogP contribution in [-0.2, 0) is 9.53 Å². The number of amides is 3. The first-order valence-corrected chi connectivity index (χ1v) is 9.39. The summed E-state index contributed by atoms with van der Waals surface area (Å²) in [6.45, 7) is 0.463. The minimum absolute atomic E-state index is 0.0427. The third kappa shape index (κ3) is 6.18. The molecule has 3 atom stereocenters. The molecule has 1 heterocycles. The van der Waals surface area contributed by atoms with E-state index in [0.29, 0.717) is 24.4 Å². The lowest BCUT2D eigenvalue weighted by Crippen LogP contribution is -2.52. The molecule has 0 spiro atoms. The molecule has 1 aromatic rings. The van der Waals surface area contributed by atoms with Gasteiger partial charge in [0.25, 0.3) is 0 Å². The Balaban J connectivity index is 1.44. The average Bonchev–Trinajstić information content (AvgIpc) is 3.45. The van der Waals surface area contributed by atoms with Crippen LogP contribution in [0.1, 0.15) is 32.1 Å². The number of hydrogen-bond donors (Lipinski definition) is 4. The van der Waals surface area contributed by atoms with Crippen LogP contribution >= 0.6 is 0 Å². The monoisotopic (exact) mass is 379 g/mol. The molecule has 2 aliphatic rings. The van der Waals surface area contributed by atoms with Crippen molar-refractivity contribution in [1.82, 2.24) is 10.6 Å². The lowest BCUT2D eigenvalue weighted by atomic mass is 9.97. The molecule has 3 rings (SSSR count). The summed E-state index contributed by atoms with van der Waals surface area (Å²) in [5, 5.41) is 17.8. The van der Waals surface area contributed by atoms with E-state index in [9.17, 15) is 19.1 Å². The van der Waals surface area contributed by atoms with Crippen LogP contribution in [-0.4, -0.2) is 48.4 Å². The molecule has 1 aromatic carbocycles. The van der Waals surface area contributed by atoms with Crippen molar-refractivity contribution < 1.29 is 23.8 Å². The maximum atomic E-state index is 13.2. The lowest BCUT2D eigenvalue weighted by Gasteiger charge is -2.35. The summed E-state index contributed by atoms with van der Waals surface area (Å²) in [5.41, 5.74) is 0.343. The quantitative estimate of drug-likeness (QED) is 0.580. The van der Waals surface area contributed by atoms with Gasteiger partial charge in [-0.2, -0.15) is 0 Å². The predicted molar refractivity (Wildman–Crippen MR) is 97.7 cm³/mol. The van der Waals surface area contributed by atoms with Gasteiger partial charge in [0.2, 0.25) is 5.91 Å². The number of carbonyl (C=O) groups is 2. The minimum Gasteiger partial charge on any atom is -0.394 e. The van der Waals surface area contributed by atoms with Crippen LogP contribution < -0.4 is 16.0 Å². The highest BCUT2D eigenvalue weighted by atomic mass is 19.1. The molecule has 7 nitrogen and oxygen atoms in total. The molecule has 148 valence electrons. The summed E-state index contributed by atoms with van der Waals surface area (Å²) in [5.74, 6) is 0.139. The second-order valence-corrected chi connectivity index (χ2v) is 7.22. The molecule has 4 N–H and O–H groups in total. The summed E-state index contributed by atoms with van der Waals surface area (Å²) in [6, 6.07) is 4.73. The second kappa shape index (κ2) is 9.14. The largest absolute Gasteiger partial charge is 0.394 e. The maximum absolute atomic E-state index is 13.2. The number of nitrogens with one attached hydrogen (secondary N) is 3. The zero-order valence-corrected chi connectivity index (χ0v) is 15.1. The van der Waals surface area contributed by atoms with Gasteiger partial charge in [-0.3, -0.25) is 4.79 Å². The van der Waals surface area contributed by atoms with Crippen molar-refractivity contribution in [3.8, 4) is 0 Å². The van der Waals surface area contributed by atoms with Gasteiger partial charge >= 0.3 is 6.03 Å². The van der Waals surface area contributed by atoms with Gasteiger partial charge in [0.15, 0.2) is 0 Å². The van der Waals surface area contributed by atoms with Crippen molar-refractivity contribution in [3.63, 3.8) is 0 Å². The lowest BCUT2D eigenvalue weighted by molar-refractivity contribution is -0.130. The van der Waals surface area contributed by atoms with E-state index >= 15 is 0 Å². The molecule has 0 bridgehead atoms. The minimum atomic E-state index is -0.585. The van der Waals surface area contributed by atoms with Gasteiger partial charge in [-0.1, -0.05) is 6.07 Å². The van der Waals surface area contributed by atoms with Crippen LogP contribution in [0.3, 0.4) is 0 Å². The number of ether oxygens (including phenoxy) is 1. The highest BCUT2D eigenvalue weighted by Crippen LogP contribution is 2.28. The van der Waals surface area contributed by atoms with Gasteiger partial charge in [-0.05, 0) is 49.8 Å². The van der Waals surface area contributed by atoms with Gasteiger partial charge in [0.1, 0.15) is 11.9 Å². The zero-order chi connectivity index (χ0) is 19.2. The van der Waals surface area contributed by atoms with Crippen molar-refractivity contribution in [1.29, 1.82) is 0 Å². The molecule has 0 aromatic heterocycles. The summed E-state index contributed by atoms with van der Waals surface area (Å²) >= 11 is 0. The average molecular weight is 379 g/mol. The number of urea groups is 1. The van der Waals surface area contributed by atoms with E-state index in [1.165, 1.54) is 31.0 Å². The highest BCUT2D eigenvalue weighted by Gasteiger charge is 2.33. The van der Waals surface area contributed by atoms with Crippen LogP contribution in [0.4, 0.5) is 14.9 Å². The van der Waals surface area contributed by atoms with E-state index in [1.807, 2.05) is 0 Å². The first-order chi connectivity index (χ1) is 13.0. The van der Waals surface area contributed by atoms with Gasteiger partial charge in [0.05, 0.1) is 25.2 Å².